The molecular weight excluding hydrogens is 270 g/mol. The fourth-order valence-corrected chi connectivity index (χ4v) is 1.79. The van der Waals surface area contributed by atoms with Gasteiger partial charge in [-0.15, -0.1) is 0 Å². The molecule has 2 N–H and O–H groups in total. The molecule has 2 atom stereocenters. The van der Waals surface area contributed by atoms with Crippen LogP contribution in [0, 0.1) is 0 Å². The average Bonchev–Trinajstić information content (AvgIpc) is 2.47. The number of hydrogen-bond donors (Lipinski definition) is 2. The van der Waals surface area contributed by atoms with E-state index in [1.807, 2.05) is 20.8 Å². The third-order valence-electron chi connectivity index (χ3n) is 3.21. The SMILES string of the molecule is CCCC(NC(=O)c1ccc(OC(C)CC)cc1)C(=O)O. The molecule has 0 fully saturated rings. The Labute approximate surface area is 125 Å². The van der Waals surface area contributed by atoms with Crippen molar-refractivity contribution in [2.24, 2.45) is 0 Å². The number of rotatable bonds is 8. The molecule has 0 aromatic heterocycles. The maximum atomic E-state index is 12.0. The molecule has 0 saturated carbocycles. The fourth-order valence-electron chi connectivity index (χ4n) is 1.79. The first-order valence-corrected chi connectivity index (χ1v) is 7.28. The number of hydrogen-bond acceptors (Lipinski definition) is 3. The third kappa shape index (κ3) is 5.45. The van der Waals surface area contributed by atoms with E-state index in [0.717, 1.165) is 6.42 Å². The molecule has 5 nitrogen and oxygen atoms in total. The molecule has 1 aromatic carbocycles. The van der Waals surface area contributed by atoms with Crippen molar-refractivity contribution in [3.05, 3.63) is 29.8 Å². The van der Waals surface area contributed by atoms with Gasteiger partial charge in [-0.3, -0.25) is 4.79 Å². The molecule has 21 heavy (non-hydrogen) atoms. The van der Waals surface area contributed by atoms with E-state index < -0.39 is 12.0 Å². The van der Waals surface area contributed by atoms with Crippen molar-refractivity contribution in [3.8, 4) is 5.75 Å². The Morgan fingerprint density at radius 1 is 1.24 bits per heavy atom. The van der Waals surface area contributed by atoms with Gasteiger partial charge in [0.1, 0.15) is 11.8 Å². The highest BCUT2D eigenvalue weighted by Crippen LogP contribution is 2.15. The van der Waals surface area contributed by atoms with Gasteiger partial charge >= 0.3 is 5.97 Å². The van der Waals surface area contributed by atoms with E-state index >= 15 is 0 Å². The lowest BCUT2D eigenvalue weighted by Crippen LogP contribution is -2.40. The van der Waals surface area contributed by atoms with Gasteiger partial charge in [-0.1, -0.05) is 20.3 Å². The van der Waals surface area contributed by atoms with Crippen molar-refractivity contribution >= 4 is 11.9 Å². The van der Waals surface area contributed by atoms with E-state index in [-0.39, 0.29) is 12.0 Å². The quantitative estimate of drug-likeness (QED) is 0.772. The van der Waals surface area contributed by atoms with Crippen LogP contribution in [0.1, 0.15) is 50.4 Å². The minimum absolute atomic E-state index is 0.116. The lowest BCUT2D eigenvalue weighted by molar-refractivity contribution is -0.139. The molecule has 116 valence electrons. The van der Waals surface area contributed by atoms with E-state index in [2.05, 4.69) is 5.32 Å². The Hall–Kier alpha value is -2.04. The lowest BCUT2D eigenvalue weighted by atomic mass is 10.1. The van der Waals surface area contributed by atoms with Gasteiger partial charge in [0.2, 0.25) is 0 Å². The highest BCUT2D eigenvalue weighted by molar-refractivity contribution is 5.96. The molecule has 0 heterocycles. The van der Waals surface area contributed by atoms with Crippen LogP contribution in [-0.4, -0.2) is 29.1 Å². The van der Waals surface area contributed by atoms with E-state index in [1.54, 1.807) is 24.3 Å². The van der Waals surface area contributed by atoms with Crippen LogP contribution in [0.25, 0.3) is 0 Å². The molecule has 0 saturated heterocycles. The first kappa shape index (κ1) is 17.0. The van der Waals surface area contributed by atoms with E-state index in [4.69, 9.17) is 9.84 Å². The van der Waals surface area contributed by atoms with Gasteiger partial charge in [-0.2, -0.15) is 0 Å². The number of carboxylic acids is 1. The summed E-state index contributed by atoms with van der Waals surface area (Å²) in [6.07, 6.45) is 2.13. The second-order valence-corrected chi connectivity index (χ2v) is 5.01. The van der Waals surface area contributed by atoms with Crippen molar-refractivity contribution in [1.29, 1.82) is 0 Å². The monoisotopic (exact) mass is 293 g/mol. The molecule has 1 amide bonds. The van der Waals surface area contributed by atoms with Crippen LogP contribution in [0.4, 0.5) is 0 Å². The van der Waals surface area contributed by atoms with Gasteiger partial charge in [0.25, 0.3) is 5.91 Å². The van der Waals surface area contributed by atoms with Crippen LogP contribution in [0.3, 0.4) is 0 Å². The molecule has 1 aromatic rings. The standard InChI is InChI=1S/C16H23NO4/c1-4-6-14(16(19)20)17-15(18)12-7-9-13(10-8-12)21-11(3)5-2/h7-11,14H,4-6H2,1-3H3,(H,17,18)(H,19,20). The number of carboxylic acid groups (broad SMARTS) is 1. The molecule has 2 unspecified atom stereocenters. The lowest BCUT2D eigenvalue weighted by Gasteiger charge is -2.15. The zero-order valence-electron chi connectivity index (χ0n) is 12.8. The van der Waals surface area contributed by atoms with Crippen LogP contribution in [0.2, 0.25) is 0 Å². The van der Waals surface area contributed by atoms with Crippen LogP contribution in [0.15, 0.2) is 24.3 Å². The van der Waals surface area contributed by atoms with E-state index in [1.165, 1.54) is 0 Å². The van der Waals surface area contributed by atoms with Crippen LogP contribution < -0.4 is 10.1 Å². The first-order chi connectivity index (χ1) is 9.97. The normalized spacial score (nSPS) is 13.3. The molecule has 0 aliphatic rings. The maximum Gasteiger partial charge on any atom is 0.326 e. The van der Waals surface area contributed by atoms with Crippen LogP contribution >= 0.6 is 0 Å². The van der Waals surface area contributed by atoms with Gasteiger partial charge in [0.15, 0.2) is 0 Å². The summed E-state index contributed by atoms with van der Waals surface area (Å²) in [5.41, 5.74) is 0.425. The second-order valence-electron chi connectivity index (χ2n) is 5.01. The maximum absolute atomic E-state index is 12.0. The predicted molar refractivity (Wildman–Crippen MR) is 80.6 cm³/mol. The van der Waals surface area contributed by atoms with Gasteiger partial charge < -0.3 is 15.2 Å². The molecule has 1 rings (SSSR count). The Morgan fingerprint density at radius 3 is 2.33 bits per heavy atom. The first-order valence-electron chi connectivity index (χ1n) is 7.28. The Morgan fingerprint density at radius 2 is 1.86 bits per heavy atom. The van der Waals surface area contributed by atoms with E-state index in [9.17, 15) is 9.59 Å². The molecular formula is C16H23NO4. The summed E-state index contributed by atoms with van der Waals surface area (Å²) < 4.78 is 5.63. The number of ether oxygens (including phenoxy) is 1. The molecule has 0 bridgehead atoms. The van der Waals surface area contributed by atoms with Gasteiger partial charge in [-0.25, -0.2) is 4.79 Å². The number of benzene rings is 1. The topological polar surface area (TPSA) is 75.6 Å². The van der Waals surface area contributed by atoms with Gasteiger partial charge in [-0.05, 0) is 44.0 Å². The second kappa shape index (κ2) is 8.29. The Kier molecular flexibility index (Phi) is 6.72. The highest BCUT2D eigenvalue weighted by Gasteiger charge is 2.19. The summed E-state index contributed by atoms with van der Waals surface area (Å²) >= 11 is 0. The van der Waals surface area contributed by atoms with E-state index in [0.29, 0.717) is 24.2 Å². The summed E-state index contributed by atoms with van der Waals surface area (Å²) in [6, 6.07) is 5.86. The largest absolute Gasteiger partial charge is 0.491 e. The van der Waals surface area contributed by atoms with Gasteiger partial charge in [0, 0.05) is 5.56 Å². The summed E-state index contributed by atoms with van der Waals surface area (Å²) in [5, 5.41) is 11.6. The summed E-state index contributed by atoms with van der Waals surface area (Å²) in [7, 11) is 0. The summed E-state index contributed by atoms with van der Waals surface area (Å²) in [5.74, 6) is -0.697. The predicted octanol–water partition coefficient (Wildman–Crippen LogP) is 2.85. The van der Waals surface area contributed by atoms with Crippen molar-refractivity contribution in [2.45, 2.75) is 52.2 Å². The highest BCUT2D eigenvalue weighted by atomic mass is 16.5. The van der Waals surface area contributed by atoms with Crippen LogP contribution in [0.5, 0.6) is 5.75 Å². The number of aliphatic carboxylic acids is 1. The minimum atomic E-state index is -1.01. The molecule has 0 aliphatic heterocycles. The zero-order chi connectivity index (χ0) is 15.8. The number of amides is 1. The summed E-state index contributed by atoms with van der Waals surface area (Å²) in [6.45, 7) is 5.89. The third-order valence-corrected chi connectivity index (χ3v) is 3.21. The Bertz CT molecular complexity index is 470. The fraction of sp³-hybridized carbons (Fsp3) is 0.500. The number of carbonyl (C=O) groups is 2. The molecule has 5 heteroatoms. The average molecular weight is 293 g/mol. The van der Waals surface area contributed by atoms with Crippen molar-refractivity contribution < 1.29 is 19.4 Å². The molecule has 0 aliphatic carbocycles. The van der Waals surface area contributed by atoms with Crippen molar-refractivity contribution in [3.63, 3.8) is 0 Å². The van der Waals surface area contributed by atoms with Crippen molar-refractivity contribution in [2.75, 3.05) is 0 Å². The van der Waals surface area contributed by atoms with Gasteiger partial charge in [0.05, 0.1) is 6.10 Å². The number of nitrogens with one attached hydrogen (secondary N) is 1. The Balaban J connectivity index is 2.68. The zero-order valence-corrected chi connectivity index (χ0v) is 12.8. The minimum Gasteiger partial charge on any atom is -0.491 e. The van der Waals surface area contributed by atoms with Crippen LogP contribution in [-0.2, 0) is 4.79 Å². The smallest absolute Gasteiger partial charge is 0.326 e. The summed E-state index contributed by atoms with van der Waals surface area (Å²) in [4.78, 5) is 23.0. The molecule has 0 radical (unpaired) electrons. The molecule has 0 spiro atoms. The number of carbonyl (C=O) groups excluding carboxylic acids is 1. The van der Waals surface area contributed by atoms with Crippen molar-refractivity contribution in [1.82, 2.24) is 5.32 Å².